The second-order valence-electron chi connectivity index (χ2n) is 5.56. The summed E-state index contributed by atoms with van der Waals surface area (Å²) in [6.45, 7) is 4.06. The number of ether oxygens (including phenoxy) is 3. The molecule has 1 saturated heterocycles. The molecule has 0 spiro atoms. The first-order valence-electron chi connectivity index (χ1n) is 7.74. The first-order chi connectivity index (χ1) is 10.6. The molecular weight excluding hydrogens is 282 g/mol. The molecule has 2 rings (SSSR count). The van der Waals surface area contributed by atoms with Gasteiger partial charge >= 0.3 is 0 Å². The van der Waals surface area contributed by atoms with Crippen LogP contribution in [-0.2, 0) is 16.0 Å². The summed E-state index contributed by atoms with van der Waals surface area (Å²) in [5, 5.41) is 0. The molecule has 1 aromatic rings. The summed E-state index contributed by atoms with van der Waals surface area (Å²) in [5.41, 5.74) is 1.15. The minimum absolute atomic E-state index is 0.142. The number of methoxy groups -OCH3 is 2. The summed E-state index contributed by atoms with van der Waals surface area (Å²) in [6.07, 6.45) is 2.40. The predicted octanol–water partition coefficient (Wildman–Crippen LogP) is 2.27. The van der Waals surface area contributed by atoms with Crippen LogP contribution in [0.3, 0.4) is 0 Å². The van der Waals surface area contributed by atoms with E-state index < -0.39 is 0 Å². The third kappa shape index (κ3) is 4.37. The molecule has 1 unspecified atom stereocenters. The van der Waals surface area contributed by atoms with Crippen LogP contribution < -0.4 is 9.47 Å². The molecule has 1 aliphatic heterocycles. The van der Waals surface area contributed by atoms with E-state index >= 15 is 0 Å². The van der Waals surface area contributed by atoms with Gasteiger partial charge < -0.3 is 19.1 Å². The number of hydrogen-bond donors (Lipinski definition) is 0. The van der Waals surface area contributed by atoms with Gasteiger partial charge in [-0.05, 0) is 37.5 Å². The van der Waals surface area contributed by atoms with Crippen LogP contribution in [0.5, 0.6) is 11.5 Å². The summed E-state index contributed by atoms with van der Waals surface area (Å²) in [7, 11) is 3.25. The van der Waals surface area contributed by atoms with Gasteiger partial charge in [0.1, 0.15) is 0 Å². The van der Waals surface area contributed by atoms with Crippen LogP contribution >= 0.6 is 0 Å². The van der Waals surface area contributed by atoms with E-state index in [1.165, 1.54) is 0 Å². The fourth-order valence-electron chi connectivity index (χ4n) is 2.68. The quantitative estimate of drug-likeness (QED) is 0.809. The molecule has 5 nitrogen and oxygen atoms in total. The highest BCUT2D eigenvalue weighted by atomic mass is 16.5. The van der Waals surface area contributed by atoms with Crippen molar-refractivity contribution in [1.82, 2.24) is 4.90 Å². The van der Waals surface area contributed by atoms with Gasteiger partial charge in [-0.3, -0.25) is 4.79 Å². The lowest BCUT2D eigenvalue weighted by molar-refractivity contribution is -0.138. The first kappa shape index (κ1) is 16.6. The SMILES string of the molecule is COc1ccc(CCCC(=O)N2CCOC(C)C2)cc1OC. The van der Waals surface area contributed by atoms with E-state index in [1.54, 1.807) is 14.2 Å². The van der Waals surface area contributed by atoms with Gasteiger partial charge in [0.15, 0.2) is 11.5 Å². The van der Waals surface area contributed by atoms with Crippen molar-refractivity contribution in [1.29, 1.82) is 0 Å². The van der Waals surface area contributed by atoms with Gasteiger partial charge in [0, 0.05) is 19.5 Å². The highest BCUT2D eigenvalue weighted by molar-refractivity contribution is 5.76. The minimum atomic E-state index is 0.142. The predicted molar refractivity (Wildman–Crippen MR) is 84.5 cm³/mol. The molecule has 1 aromatic carbocycles. The number of benzene rings is 1. The van der Waals surface area contributed by atoms with Crippen LogP contribution in [0, 0.1) is 0 Å². The van der Waals surface area contributed by atoms with E-state index in [0.29, 0.717) is 26.1 Å². The molecule has 5 heteroatoms. The van der Waals surface area contributed by atoms with Crippen LogP contribution in [0.25, 0.3) is 0 Å². The van der Waals surface area contributed by atoms with Gasteiger partial charge in [0.05, 0.1) is 26.9 Å². The van der Waals surface area contributed by atoms with Crippen LogP contribution in [0.1, 0.15) is 25.3 Å². The van der Waals surface area contributed by atoms with Crippen LogP contribution in [-0.4, -0.2) is 50.8 Å². The van der Waals surface area contributed by atoms with Crippen LogP contribution in [0.4, 0.5) is 0 Å². The maximum Gasteiger partial charge on any atom is 0.222 e. The maximum absolute atomic E-state index is 12.2. The summed E-state index contributed by atoms with van der Waals surface area (Å²) >= 11 is 0. The average molecular weight is 307 g/mol. The normalized spacial score (nSPS) is 18.1. The van der Waals surface area contributed by atoms with E-state index in [9.17, 15) is 4.79 Å². The second kappa shape index (κ2) is 8.03. The molecule has 0 N–H and O–H groups in total. The van der Waals surface area contributed by atoms with Crippen molar-refractivity contribution >= 4 is 5.91 Å². The molecule has 1 aliphatic rings. The van der Waals surface area contributed by atoms with Crippen molar-refractivity contribution in [2.24, 2.45) is 0 Å². The van der Waals surface area contributed by atoms with Gasteiger partial charge in [0.25, 0.3) is 0 Å². The largest absolute Gasteiger partial charge is 0.493 e. The van der Waals surface area contributed by atoms with Gasteiger partial charge in [-0.15, -0.1) is 0 Å². The van der Waals surface area contributed by atoms with E-state index in [4.69, 9.17) is 14.2 Å². The maximum atomic E-state index is 12.2. The number of amides is 1. The minimum Gasteiger partial charge on any atom is -0.493 e. The first-order valence-corrected chi connectivity index (χ1v) is 7.74. The molecule has 0 aliphatic carbocycles. The molecule has 0 saturated carbocycles. The van der Waals surface area contributed by atoms with Crippen LogP contribution in [0.2, 0.25) is 0 Å². The molecule has 22 heavy (non-hydrogen) atoms. The Morgan fingerprint density at radius 1 is 1.32 bits per heavy atom. The molecule has 1 fully saturated rings. The highest BCUT2D eigenvalue weighted by Gasteiger charge is 2.20. The number of carbonyl (C=O) groups is 1. The molecule has 122 valence electrons. The smallest absolute Gasteiger partial charge is 0.222 e. The molecular formula is C17H25NO4. The van der Waals surface area contributed by atoms with Crippen molar-refractivity contribution < 1.29 is 19.0 Å². The highest BCUT2D eigenvalue weighted by Crippen LogP contribution is 2.28. The number of aryl methyl sites for hydroxylation is 1. The standard InChI is InChI=1S/C17H25NO4/c1-13-12-18(9-10-22-13)17(19)6-4-5-14-7-8-15(20-2)16(11-14)21-3/h7-8,11,13H,4-6,9-10,12H2,1-3H3. The Kier molecular flexibility index (Phi) is 6.07. The zero-order chi connectivity index (χ0) is 15.9. The van der Waals surface area contributed by atoms with Crippen molar-refractivity contribution in [2.75, 3.05) is 33.9 Å². The number of nitrogens with zero attached hydrogens (tertiary/aromatic N) is 1. The van der Waals surface area contributed by atoms with E-state index in [-0.39, 0.29) is 12.0 Å². The summed E-state index contributed by atoms with van der Waals surface area (Å²) in [5.74, 6) is 1.67. The molecule has 0 aromatic heterocycles. The Hall–Kier alpha value is -1.75. The van der Waals surface area contributed by atoms with Crippen molar-refractivity contribution in [2.45, 2.75) is 32.3 Å². The van der Waals surface area contributed by atoms with Gasteiger partial charge in [-0.25, -0.2) is 0 Å². The molecule has 1 heterocycles. The van der Waals surface area contributed by atoms with E-state index in [2.05, 4.69) is 0 Å². The lowest BCUT2D eigenvalue weighted by Gasteiger charge is -2.31. The molecule has 0 bridgehead atoms. The Balaban J connectivity index is 1.82. The fraction of sp³-hybridized carbons (Fsp3) is 0.588. The third-order valence-corrected chi connectivity index (χ3v) is 3.90. The summed E-state index contributed by atoms with van der Waals surface area (Å²) < 4.78 is 16.0. The Morgan fingerprint density at radius 3 is 2.77 bits per heavy atom. The van der Waals surface area contributed by atoms with Gasteiger partial charge in [-0.1, -0.05) is 6.07 Å². The molecule has 1 amide bonds. The third-order valence-electron chi connectivity index (χ3n) is 3.90. The van der Waals surface area contributed by atoms with Gasteiger partial charge in [0.2, 0.25) is 5.91 Å². The number of hydrogen-bond acceptors (Lipinski definition) is 4. The summed E-state index contributed by atoms with van der Waals surface area (Å²) in [6, 6.07) is 5.89. The zero-order valence-electron chi connectivity index (χ0n) is 13.6. The number of rotatable bonds is 6. The number of morpholine rings is 1. The Morgan fingerprint density at radius 2 is 2.09 bits per heavy atom. The Bertz CT molecular complexity index is 503. The van der Waals surface area contributed by atoms with Crippen molar-refractivity contribution in [3.05, 3.63) is 23.8 Å². The van der Waals surface area contributed by atoms with Crippen LogP contribution in [0.15, 0.2) is 18.2 Å². The lowest BCUT2D eigenvalue weighted by atomic mass is 10.1. The van der Waals surface area contributed by atoms with Crippen molar-refractivity contribution in [3.8, 4) is 11.5 Å². The summed E-state index contributed by atoms with van der Waals surface area (Å²) in [4.78, 5) is 14.1. The van der Waals surface area contributed by atoms with E-state index in [1.807, 2.05) is 30.0 Å². The van der Waals surface area contributed by atoms with E-state index in [0.717, 1.165) is 29.9 Å². The number of carbonyl (C=O) groups excluding carboxylic acids is 1. The Labute approximate surface area is 132 Å². The lowest BCUT2D eigenvalue weighted by Crippen LogP contribution is -2.44. The second-order valence-corrected chi connectivity index (χ2v) is 5.56. The molecule has 1 atom stereocenters. The average Bonchev–Trinajstić information content (AvgIpc) is 2.54. The topological polar surface area (TPSA) is 48.0 Å². The molecule has 0 radical (unpaired) electrons. The fourth-order valence-corrected chi connectivity index (χ4v) is 2.68. The van der Waals surface area contributed by atoms with Gasteiger partial charge in [-0.2, -0.15) is 0 Å². The monoisotopic (exact) mass is 307 g/mol. The zero-order valence-corrected chi connectivity index (χ0v) is 13.6. The van der Waals surface area contributed by atoms with Crippen molar-refractivity contribution in [3.63, 3.8) is 0 Å².